The van der Waals surface area contributed by atoms with Gasteiger partial charge < -0.3 is 10.1 Å². The molecule has 0 unspecified atom stereocenters. The summed E-state index contributed by atoms with van der Waals surface area (Å²) in [4.78, 5) is 13.4. The summed E-state index contributed by atoms with van der Waals surface area (Å²) < 4.78 is 5.50. The van der Waals surface area contributed by atoms with Crippen molar-refractivity contribution >= 4 is 29.3 Å². The van der Waals surface area contributed by atoms with Gasteiger partial charge in [0, 0.05) is 9.92 Å². The Morgan fingerprint density at radius 3 is 2.38 bits per heavy atom. The lowest BCUT2D eigenvalue weighted by Crippen LogP contribution is -2.28. The SMILES string of the molecule is COc1cc(C)c([C@H](C)NC(=O)CSc2ccc(Cl)cc2)cc1C(C)C. The van der Waals surface area contributed by atoms with Crippen LogP contribution in [0.15, 0.2) is 41.3 Å². The van der Waals surface area contributed by atoms with Crippen molar-refractivity contribution in [2.24, 2.45) is 0 Å². The van der Waals surface area contributed by atoms with E-state index in [0.29, 0.717) is 16.7 Å². The first kappa shape index (κ1) is 20.7. The number of ether oxygens (including phenoxy) is 1. The molecule has 0 bridgehead atoms. The molecule has 3 nitrogen and oxygen atoms in total. The number of carbonyl (C=O) groups excluding carboxylic acids is 1. The summed E-state index contributed by atoms with van der Waals surface area (Å²) in [6.07, 6.45) is 0. The maximum Gasteiger partial charge on any atom is 0.230 e. The molecule has 5 heteroatoms. The number of benzene rings is 2. The molecule has 0 aliphatic carbocycles. The third kappa shape index (κ3) is 5.42. The molecule has 0 saturated carbocycles. The molecule has 1 atom stereocenters. The van der Waals surface area contributed by atoms with Gasteiger partial charge in [-0.1, -0.05) is 25.4 Å². The van der Waals surface area contributed by atoms with Crippen molar-refractivity contribution in [2.45, 2.75) is 44.6 Å². The van der Waals surface area contributed by atoms with Gasteiger partial charge in [0.15, 0.2) is 0 Å². The Morgan fingerprint density at radius 2 is 1.81 bits per heavy atom. The van der Waals surface area contributed by atoms with Crippen LogP contribution in [0.4, 0.5) is 0 Å². The number of rotatable bonds is 7. The summed E-state index contributed by atoms with van der Waals surface area (Å²) in [6, 6.07) is 11.7. The Balaban J connectivity index is 2.04. The Kier molecular flexibility index (Phi) is 7.42. The normalized spacial score (nSPS) is 12.1. The fourth-order valence-corrected chi connectivity index (χ4v) is 3.69. The minimum atomic E-state index is -0.0586. The summed E-state index contributed by atoms with van der Waals surface area (Å²) in [7, 11) is 1.69. The lowest BCUT2D eigenvalue weighted by molar-refractivity contribution is -0.119. The summed E-state index contributed by atoms with van der Waals surface area (Å²) in [5, 5.41) is 3.79. The van der Waals surface area contributed by atoms with Gasteiger partial charge in [0.2, 0.25) is 5.91 Å². The number of methoxy groups -OCH3 is 1. The van der Waals surface area contributed by atoms with Gasteiger partial charge in [0.1, 0.15) is 5.75 Å². The van der Waals surface area contributed by atoms with E-state index in [2.05, 4.69) is 31.3 Å². The van der Waals surface area contributed by atoms with Crippen LogP contribution in [0.1, 0.15) is 49.4 Å². The monoisotopic (exact) mass is 391 g/mol. The van der Waals surface area contributed by atoms with Gasteiger partial charge >= 0.3 is 0 Å². The van der Waals surface area contributed by atoms with Gasteiger partial charge in [-0.3, -0.25) is 4.79 Å². The third-order valence-electron chi connectivity index (χ3n) is 4.27. The Hall–Kier alpha value is -1.65. The van der Waals surface area contributed by atoms with Gasteiger partial charge in [0.05, 0.1) is 18.9 Å². The van der Waals surface area contributed by atoms with E-state index in [1.54, 1.807) is 7.11 Å². The molecule has 26 heavy (non-hydrogen) atoms. The number of aryl methyl sites for hydroxylation is 1. The van der Waals surface area contributed by atoms with Crippen LogP contribution in [0.3, 0.4) is 0 Å². The maximum absolute atomic E-state index is 12.3. The first-order valence-corrected chi connectivity index (χ1v) is 10.0. The molecule has 0 radical (unpaired) electrons. The Labute approximate surface area is 165 Å². The van der Waals surface area contributed by atoms with E-state index in [4.69, 9.17) is 16.3 Å². The van der Waals surface area contributed by atoms with Crippen LogP contribution in [0.25, 0.3) is 0 Å². The molecule has 0 heterocycles. The van der Waals surface area contributed by atoms with Crippen molar-refractivity contribution in [3.05, 3.63) is 58.1 Å². The molecule has 1 amide bonds. The summed E-state index contributed by atoms with van der Waals surface area (Å²) in [6.45, 7) is 8.35. The molecular formula is C21H26ClNO2S. The van der Waals surface area contributed by atoms with E-state index < -0.39 is 0 Å². The topological polar surface area (TPSA) is 38.3 Å². The summed E-state index contributed by atoms with van der Waals surface area (Å²) in [5.41, 5.74) is 3.40. The number of nitrogens with one attached hydrogen (secondary N) is 1. The second-order valence-electron chi connectivity index (χ2n) is 6.64. The van der Waals surface area contributed by atoms with Crippen molar-refractivity contribution in [1.82, 2.24) is 5.32 Å². The van der Waals surface area contributed by atoms with Crippen LogP contribution < -0.4 is 10.1 Å². The zero-order chi connectivity index (χ0) is 19.3. The third-order valence-corrected chi connectivity index (χ3v) is 5.53. The number of carbonyl (C=O) groups is 1. The zero-order valence-corrected chi connectivity index (χ0v) is 17.5. The molecular weight excluding hydrogens is 366 g/mol. The number of thioether (sulfide) groups is 1. The predicted molar refractivity (Wildman–Crippen MR) is 111 cm³/mol. The van der Waals surface area contributed by atoms with Crippen molar-refractivity contribution in [2.75, 3.05) is 12.9 Å². The number of hydrogen-bond donors (Lipinski definition) is 1. The standard InChI is InChI=1S/C21H26ClNO2S/c1-13(2)18-11-19(14(3)10-20(18)25-5)15(4)23-21(24)12-26-17-8-6-16(22)7-9-17/h6-11,13,15H,12H2,1-5H3,(H,23,24)/t15-/m0/s1. The largest absolute Gasteiger partial charge is 0.496 e. The molecule has 2 aromatic rings. The Morgan fingerprint density at radius 1 is 1.15 bits per heavy atom. The molecule has 1 N–H and O–H groups in total. The fourth-order valence-electron chi connectivity index (χ4n) is 2.85. The highest BCUT2D eigenvalue weighted by Crippen LogP contribution is 2.32. The quantitative estimate of drug-likeness (QED) is 0.610. The van der Waals surface area contributed by atoms with Crippen LogP contribution >= 0.6 is 23.4 Å². The molecule has 0 aromatic heterocycles. The molecule has 140 valence electrons. The second-order valence-corrected chi connectivity index (χ2v) is 8.12. The number of amides is 1. The second kappa shape index (κ2) is 9.33. The molecule has 2 aromatic carbocycles. The van der Waals surface area contributed by atoms with Crippen LogP contribution in [0, 0.1) is 6.92 Å². The molecule has 0 fully saturated rings. The average Bonchev–Trinajstić information content (AvgIpc) is 2.60. The minimum absolute atomic E-state index is 0.0127. The highest BCUT2D eigenvalue weighted by molar-refractivity contribution is 8.00. The van der Waals surface area contributed by atoms with Gasteiger partial charge in [-0.05, 0) is 72.9 Å². The van der Waals surface area contributed by atoms with Crippen LogP contribution in [0.5, 0.6) is 5.75 Å². The molecule has 0 aliphatic heterocycles. The van der Waals surface area contributed by atoms with Crippen LogP contribution in [-0.2, 0) is 4.79 Å². The van der Waals surface area contributed by atoms with E-state index in [0.717, 1.165) is 27.3 Å². The highest BCUT2D eigenvalue weighted by atomic mass is 35.5. The van der Waals surface area contributed by atoms with Gasteiger partial charge in [0.25, 0.3) is 0 Å². The van der Waals surface area contributed by atoms with Gasteiger partial charge in [-0.15, -0.1) is 11.8 Å². The fraction of sp³-hybridized carbons (Fsp3) is 0.381. The van der Waals surface area contributed by atoms with Crippen molar-refractivity contribution in [3.63, 3.8) is 0 Å². The first-order valence-electron chi connectivity index (χ1n) is 8.68. The smallest absolute Gasteiger partial charge is 0.230 e. The van der Waals surface area contributed by atoms with Gasteiger partial charge in [-0.2, -0.15) is 0 Å². The van der Waals surface area contributed by atoms with Crippen molar-refractivity contribution in [3.8, 4) is 5.75 Å². The molecule has 0 saturated heterocycles. The molecule has 2 rings (SSSR count). The lowest BCUT2D eigenvalue weighted by Gasteiger charge is -2.21. The highest BCUT2D eigenvalue weighted by Gasteiger charge is 2.17. The average molecular weight is 392 g/mol. The molecule has 0 spiro atoms. The van der Waals surface area contributed by atoms with E-state index >= 15 is 0 Å². The predicted octanol–water partition coefficient (Wildman–Crippen LogP) is 5.75. The van der Waals surface area contributed by atoms with Crippen LogP contribution in [0.2, 0.25) is 5.02 Å². The van der Waals surface area contributed by atoms with E-state index in [9.17, 15) is 4.79 Å². The van der Waals surface area contributed by atoms with E-state index in [1.807, 2.05) is 38.1 Å². The minimum Gasteiger partial charge on any atom is -0.496 e. The molecule has 0 aliphatic rings. The number of halogens is 1. The van der Waals surface area contributed by atoms with Crippen molar-refractivity contribution < 1.29 is 9.53 Å². The maximum atomic E-state index is 12.3. The lowest BCUT2D eigenvalue weighted by atomic mass is 9.93. The summed E-state index contributed by atoms with van der Waals surface area (Å²) >= 11 is 7.39. The van der Waals surface area contributed by atoms with E-state index in [-0.39, 0.29) is 11.9 Å². The van der Waals surface area contributed by atoms with Crippen molar-refractivity contribution in [1.29, 1.82) is 0 Å². The van der Waals surface area contributed by atoms with Crippen LogP contribution in [-0.4, -0.2) is 18.8 Å². The zero-order valence-electron chi connectivity index (χ0n) is 15.9. The first-order chi connectivity index (χ1) is 12.3. The van der Waals surface area contributed by atoms with Gasteiger partial charge in [-0.25, -0.2) is 0 Å². The number of hydrogen-bond acceptors (Lipinski definition) is 3. The Bertz CT molecular complexity index is 759. The van der Waals surface area contributed by atoms with E-state index in [1.165, 1.54) is 11.8 Å². The summed E-state index contributed by atoms with van der Waals surface area (Å²) in [5.74, 6) is 1.64.